The summed E-state index contributed by atoms with van der Waals surface area (Å²) in [6, 6.07) is -0.0795. The molecule has 0 aliphatic carbocycles. The Morgan fingerprint density at radius 1 is 1.52 bits per heavy atom. The van der Waals surface area contributed by atoms with Gasteiger partial charge in [0.1, 0.15) is 0 Å². The molecule has 0 saturated carbocycles. The Bertz CT molecular complexity index is 477. The van der Waals surface area contributed by atoms with E-state index in [1.165, 1.54) is 0 Å². The molecular weight excluding hydrogens is 266 g/mol. The van der Waals surface area contributed by atoms with Crippen LogP contribution in [0.1, 0.15) is 38.6 Å². The number of hydrogen-bond acceptors (Lipinski definition) is 3. The first kappa shape index (κ1) is 15.8. The molecule has 21 heavy (non-hydrogen) atoms. The minimum absolute atomic E-state index is 0.0795. The van der Waals surface area contributed by atoms with Crippen molar-refractivity contribution >= 4 is 6.03 Å². The molecule has 2 heterocycles. The van der Waals surface area contributed by atoms with Crippen molar-refractivity contribution in [2.45, 2.75) is 46.2 Å². The average Bonchev–Trinajstić information content (AvgIpc) is 2.96. The smallest absolute Gasteiger partial charge is 0.315 e. The van der Waals surface area contributed by atoms with Gasteiger partial charge >= 0.3 is 6.03 Å². The van der Waals surface area contributed by atoms with Gasteiger partial charge in [-0.25, -0.2) is 9.78 Å². The molecule has 118 valence electrons. The summed E-state index contributed by atoms with van der Waals surface area (Å²) in [5.74, 6) is 0.523. The topological polar surface area (TPSA) is 73.0 Å². The Morgan fingerprint density at radius 3 is 2.90 bits per heavy atom. The van der Waals surface area contributed by atoms with Gasteiger partial charge in [0, 0.05) is 30.9 Å². The van der Waals surface area contributed by atoms with Crippen LogP contribution in [0.25, 0.3) is 0 Å². The number of H-pyrrole nitrogens is 1. The molecule has 1 saturated heterocycles. The Morgan fingerprint density at radius 2 is 2.29 bits per heavy atom. The normalized spacial score (nSPS) is 19.7. The number of rotatable bonds is 4. The van der Waals surface area contributed by atoms with E-state index in [1.807, 2.05) is 27.7 Å². The number of carbonyl (C=O) groups is 1. The highest BCUT2D eigenvalue weighted by Crippen LogP contribution is 2.18. The van der Waals surface area contributed by atoms with Gasteiger partial charge in [0.2, 0.25) is 0 Å². The van der Waals surface area contributed by atoms with Crippen molar-refractivity contribution in [2.24, 2.45) is 5.92 Å². The molecular formula is C15H27N5O. The molecule has 3 N–H and O–H groups in total. The van der Waals surface area contributed by atoms with Crippen LogP contribution < -0.4 is 10.6 Å². The quantitative estimate of drug-likeness (QED) is 0.790. The molecule has 0 radical (unpaired) electrons. The SMILES string of the molecule is Cc1[nH]cnc1CN1CC[C@@H](CNC(=O)NC(C)(C)C)C1. The van der Waals surface area contributed by atoms with E-state index >= 15 is 0 Å². The van der Waals surface area contributed by atoms with Crippen molar-refractivity contribution in [2.75, 3.05) is 19.6 Å². The van der Waals surface area contributed by atoms with E-state index in [2.05, 4.69) is 25.5 Å². The maximum absolute atomic E-state index is 11.7. The van der Waals surface area contributed by atoms with Crippen LogP contribution in [0.5, 0.6) is 0 Å². The second kappa shape index (κ2) is 6.47. The minimum atomic E-state index is -0.191. The summed E-state index contributed by atoms with van der Waals surface area (Å²) in [6.07, 6.45) is 2.87. The summed E-state index contributed by atoms with van der Waals surface area (Å²) in [6.45, 7) is 11.7. The molecule has 0 unspecified atom stereocenters. The lowest BCUT2D eigenvalue weighted by Crippen LogP contribution is -2.47. The Labute approximate surface area is 126 Å². The number of carbonyl (C=O) groups excluding carboxylic acids is 1. The third-order valence-electron chi connectivity index (χ3n) is 3.72. The summed E-state index contributed by atoms with van der Waals surface area (Å²) in [5, 5.41) is 5.89. The number of nitrogens with zero attached hydrogens (tertiary/aromatic N) is 2. The fourth-order valence-electron chi connectivity index (χ4n) is 2.60. The summed E-state index contributed by atoms with van der Waals surface area (Å²) in [4.78, 5) is 21.6. The van der Waals surface area contributed by atoms with Crippen LogP contribution in [0.2, 0.25) is 0 Å². The number of hydrogen-bond donors (Lipinski definition) is 3. The van der Waals surface area contributed by atoms with Gasteiger partial charge in [0.15, 0.2) is 0 Å². The summed E-state index contributed by atoms with van der Waals surface area (Å²) in [5.41, 5.74) is 2.07. The van der Waals surface area contributed by atoms with Crippen LogP contribution in [0.3, 0.4) is 0 Å². The molecule has 0 spiro atoms. The summed E-state index contributed by atoms with van der Waals surface area (Å²) in [7, 11) is 0. The zero-order valence-electron chi connectivity index (χ0n) is 13.5. The van der Waals surface area contributed by atoms with E-state index in [0.717, 1.165) is 44.0 Å². The zero-order valence-corrected chi connectivity index (χ0v) is 13.5. The third-order valence-corrected chi connectivity index (χ3v) is 3.72. The summed E-state index contributed by atoms with van der Waals surface area (Å²) < 4.78 is 0. The molecule has 6 nitrogen and oxygen atoms in total. The molecule has 1 fully saturated rings. The van der Waals surface area contributed by atoms with Crippen LogP contribution in [0.15, 0.2) is 6.33 Å². The fraction of sp³-hybridized carbons (Fsp3) is 0.733. The molecule has 1 aliphatic heterocycles. The Kier molecular flexibility index (Phi) is 4.88. The van der Waals surface area contributed by atoms with Gasteiger partial charge in [-0.15, -0.1) is 0 Å². The predicted octanol–water partition coefficient (Wildman–Crippen LogP) is 1.64. The third kappa shape index (κ3) is 5.04. The van der Waals surface area contributed by atoms with Crippen molar-refractivity contribution in [3.8, 4) is 0 Å². The van der Waals surface area contributed by atoms with E-state index in [1.54, 1.807) is 6.33 Å². The lowest BCUT2D eigenvalue weighted by molar-refractivity contribution is 0.229. The molecule has 1 aromatic heterocycles. The van der Waals surface area contributed by atoms with E-state index in [0.29, 0.717) is 5.92 Å². The zero-order chi connectivity index (χ0) is 15.5. The lowest BCUT2D eigenvalue weighted by Gasteiger charge is -2.21. The number of aromatic amines is 1. The molecule has 1 atom stereocenters. The van der Waals surface area contributed by atoms with Crippen molar-refractivity contribution in [1.82, 2.24) is 25.5 Å². The molecule has 1 aromatic rings. The molecule has 0 bridgehead atoms. The predicted molar refractivity (Wildman–Crippen MR) is 83.0 cm³/mol. The van der Waals surface area contributed by atoms with Gasteiger partial charge in [-0.2, -0.15) is 0 Å². The van der Waals surface area contributed by atoms with E-state index in [9.17, 15) is 4.79 Å². The second-order valence-corrected chi connectivity index (χ2v) is 6.95. The molecule has 1 aliphatic rings. The number of likely N-dealkylation sites (tertiary alicyclic amines) is 1. The highest BCUT2D eigenvalue weighted by Gasteiger charge is 2.24. The lowest BCUT2D eigenvalue weighted by atomic mass is 10.1. The first-order valence-corrected chi connectivity index (χ1v) is 7.61. The van der Waals surface area contributed by atoms with E-state index < -0.39 is 0 Å². The number of aryl methyl sites for hydroxylation is 1. The van der Waals surface area contributed by atoms with Gasteiger partial charge in [-0.05, 0) is 46.6 Å². The maximum atomic E-state index is 11.7. The Hall–Kier alpha value is -1.56. The van der Waals surface area contributed by atoms with Crippen molar-refractivity contribution < 1.29 is 4.79 Å². The summed E-state index contributed by atoms with van der Waals surface area (Å²) >= 11 is 0. The van der Waals surface area contributed by atoms with Crippen LogP contribution in [0.4, 0.5) is 4.79 Å². The van der Waals surface area contributed by atoms with Crippen LogP contribution in [-0.2, 0) is 6.54 Å². The van der Waals surface area contributed by atoms with Crippen LogP contribution in [-0.4, -0.2) is 46.1 Å². The Balaban J connectivity index is 1.71. The van der Waals surface area contributed by atoms with E-state index in [4.69, 9.17) is 0 Å². The first-order chi connectivity index (χ1) is 9.83. The molecule has 2 rings (SSSR count). The molecule has 2 amide bonds. The molecule has 0 aromatic carbocycles. The van der Waals surface area contributed by atoms with Crippen molar-refractivity contribution in [3.05, 3.63) is 17.7 Å². The van der Waals surface area contributed by atoms with Crippen molar-refractivity contribution in [1.29, 1.82) is 0 Å². The fourth-order valence-corrected chi connectivity index (χ4v) is 2.60. The van der Waals surface area contributed by atoms with Gasteiger partial charge in [-0.1, -0.05) is 0 Å². The minimum Gasteiger partial charge on any atom is -0.348 e. The van der Waals surface area contributed by atoms with Gasteiger partial charge in [0.25, 0.3) is 0 Å². The van der Waals surface area contributed by atoms with Crippen molar-refractivity contribution in [3.63, 3.8) is 0 Å². The highest BCUT2D eigenvalue weighted by molar-refractivity contribution is 5.74. The number of amides is 2. The first-order valence-electron chi connectivity index (χ1n) is 7.61. The monoisotopic (exact) mass is 293 g/mol. The second-order valence-electron chi connectivity index (χ2n) is 6.95. The van der Waals surface area contributed by atoms with Gasteiger partial charge < -0.3 is 15.6 Å². The standard InChI is InChI=1S/C15H27N5O/c1-11-13(18-10-17-11)9-20-6-5-12(8-20)7-16-14(21)19-15(2,3)4/h10,12H,5-9H2,1-4H3,(H,17,18)(H2,16,19,21)/t12-/m0/s1. The average molecular weight is 293 g/mol. The number of aromatic nitrogens is 2. The van der Waals surface area contributed by atoms with Crippen LogP contribution >= 0.6 is 0 Å². The largest absolute Gasteiger partial charge is 0.348 e. The highest BCUT2D eigenvalue weighted by atomic mass is 16.2. The number of urea groups is 1. The molecule has 6 heteroatoms. The van der Waals surface area contributed by atoms with E-state index in [-0.39, 0.29) is 11.6 Å². The number of nitrogens with one attached hydrogen (secondary N) is 3. The number of imidazole rings is 1. The van der Waals surface area contributed by atoms with Gasteiger partial charge in [0.05, 0.1) is 12.0 Å². The van der Waals surface area contributed by atoms with Gasteiger partial charge in [-0.3, -0.25) is 4.90 Å². The maximum Gasteiger partial charge on any atom is 0.315 e. The van der Waals surface area contributed by atoms with Crippen LogP contribution in [0, 0.1) is 12.8 Å².